The number of benzene rings is 2. The molecule has 2 aliphatic rings. The molecule has 2 aromatic carbocycles. The fourth-order valence-electron chi connectivity index (χ4n) is 5.31. The van der Waals surface area contributed by atoms with Crippen molar-refractivity contribution in [1.29, 1.82) is 0 Å². The number of hydrogen-bond acceptors (Lipinski definition) is 7. The van der Waals surface area contributed by atoms with Gasteiger partial charge >= 0.3 is 0 Å². The molecule has 1 unspecified atom stereocenters. The number of carbonyl (C=O) groups is 2. The summed E-state index contributed by atoms with van der Waals surface area (Å²) in [5, 5.41) is 4.37. The number of pyridine rings is 1. The maximum Gasteiger partial charge on any atom is 0.263 e. The van der Waals surface area contributed by atoms with E-state index in [1.165, 1.54) is 6.92 Å². The molecule has 0 bridgehead atoms. The van der Waals surface area contributed by atoms with Crippen LogP contribution in [0.3, 0.4) is 0 Å². The van der Waals surface area contributed by atoms with Crippen LogP contribution < -0.4 is 15.8 Å². The van der Waals surface area contributed by atoms with Gasteiger partial charge in [0.25, 0.3) is 5.89 Å². The molecule has 1 amide bonds. The molecular formula is C29H28N4O4. The number of nitrogens with one attached hydrogen (secondary N) is 1. The molecule has 3 heterocycles. The first-order chi connectivity index (χ1) is 17.9. The van der Waals surface area contributed by atoms with Crippen LogP contribution in [-0.4, -0.2) is 40.9 Å². The third kappa shape index (κ3) is 4.07. The fourth-order valence-corrected chi connectivity index (χ4v) is 5.31. The molecule has 3 N–H and O–H groups in total. The molecule has 188 valence electrons. The van der Waals surface area contributed by atoms with Gasteiger partial charge in [-0.15, -0.1) is 0 Å². The molecular weight excluding hydrogens is 468 g/mol. The number of Topliss-reactive ketones (excluding diaryl/α,β-unsaturated/α-hetero) is 1. The van der Waals surface area contributed by atoms with E-state index in [0.717, 1.165) is 59.0 Å². The predicted molar refractivity (Wildman–Crippen MR) is 139 cm³/mol. The van der Waals surface area contributed by atoms with Crippen LogP contribution in [0.2, 0.25) is 0 Å². The van der Waals surface area contributed by atoms with Gasteiger partial charge in [-0.1, -0.05) is 6.07 Å². The number of primary amides is 1. The summed E-state index contributed by atoms with van der Waals surface area (Å²) in [4.78, 5) is 32.9. The molecule has 37 heavy (non-hydrogen) atoms. The Morgan fingerprint density at radius 2 is 2.00 bits per heavy atom. The second-order valence-electron chi connectivity index (χ2n) is 10.0. The van der Waals surface area contributed by atoms with Gasteiger partial charge in [-0.2, -0.15) is 0 Å². The Labute approximate surface area is 214 Å². The number of rotatable bonds is 8. The zero-order chi connectivity index (χ0) is 25.7. The van der Waals surface area contributed by atoms with Gasteiger partial charge in [-0.25, -0.2) is 4.98 Å². The van der Waals surface area contributed by atoms with E-state index in [4.69, 9.17) is 14.9 Å². The summed E-state index contributed by atoms with van der Waals surface area (Å²) in [7, 11) is 0. The normalized spacial score (nSPS) is 17.8. The van der Waals surface area contributed by atoms with Gasteiger partial charge in [0.2, 0.25) is 11.7 Å². The van der Waals surface area contributed by atoms with Gasteiger partial charge < -0.3 is 20.2 Å². The van der Waals surface area contributed by atoms with E-state index in [9.17, 15) is 9.59 Å². The molecule has 1 aliphatic heterocycles. The summed E-state index contributed by atoms with van der Waals surface area (Å²) in [5.74, 6) is 0.531. The minimum atomic E-state index is -0.472. The number of oxazole rings is 1. The van der Waals surface area contributed by atoms with Gasteiger partial charge in [0.15, 0.2) is 5.76 Å². The highest BCUT2D eigenvalue weighted by Gasteiger charge is 2.48. The lowest BCUT2D eigenvalue weighted by molar-refractivity contribution is 0.0978. The highest BCUT2D eigenvalue weighted by Crippen LogP contribution is 2.57. The Morgan fingerprint density at radius 1 is 1.19 bits per heavy atom. The number of fused-ring (bicyclic) bond motifs is 1. The number of ketones is 1. The van der Waals surface area contributed by atoms with Gasteiger partial charge in [-0.3, -0.25) is 14.6 Å². The van der Waals surface area contributed by atoms with Crippen molar-refractivity contribution in [1.82, 2.24) is 15.3 Å². The van der Waals surface area contributed by atoms with Crippen LogP contribution in [0.25, 0.3) is 22.2 Å². The number of nitrogens with two attached hydrogens (primary N) is 1. The number of amides is 1. The summed E-state index contributed by atoms with van der Waals surface area (Å²) >= 11 is 0. The van der Waals surface area contributed by atoms with Gasteiger partial charge in [0.05, 0.1) is 11.7 Å². The summed E-state index contributed by atoms with van der Waals surface area (Å²) in [6.45, 7) is 4.92. The van der Waals surface area contributed by atoms with Crippen LogP contribution in [0.15, 0.2) is 53.2 Å². The number of nitrogens with zero attached hydrogens (tertiary/aromatic N) is 2. The molecule has 4 aromatic rings. The average Bonchev–Trinajstić information content (AvgIpc) is 3.50. The topological polar surface area (TPSA) is 120 Å². The van der Waals surface area contributed by atoms with E-state index >= 15 is 0 Å². The maximum absolute atomic E-state index is 12.4. The largest absolute Gasteiger partial charge is 0.492 e. The van der Waals surface area contributed by atoms with Crippen LogP contribution in [0.1, 0.15) is 63.9 Å². The first-order valence-corrected chi connectivity index (χ1v) is 12.5. The van der Waals surface area contributed by atoms with Crippen LogP contribution in [0, 0.1) is 6.92 Å². The second-order valence-corrected chi connectivity index (χ2v) is 10.0. The predicted octanol–water partition coefficient (Wildman–Crippen LogP) is 4.32. The van der Waals surface area contributed by atoms with Crippen molar-refractivity contribution in [3.05, 3.63) is 76.9 Å². The van der Waals surface area contributed by atoms with E-state index < -0.39 is 5.91 Å². The quantitative estimate of drug-likeness (QED) is 0.349. The minimum Gasteiger partial charge on any atom is -0.492 e. The first-order valence-electron chi connectivity index (χ1n) is 12.5. The number of aromatic nitrogens is 2. The van der Waals surface area contributed by atoms with E-state index in [-0.39, 0.29) is 17.1 Å². The smallest absolute Gasteiger partial charge is 0.263 e. The zero-order valence-corrected chi connectivity index (χ0v) is 20.8. The number of hydrogen-bond donors (Lipinski definition) is 2. The van der Waals surface area contributed by atoms with Crippen molar-refractivity contribution >= 4 is 22.6 Å². The molecule has 1 saturated heterocycles. The molecule has 1 saturated carbocycles. The standard InChI is InChI=1S/C29H28N4O4/c1-16-22(27(30)35)12-20(36-15-19-5-9-31-19)13-23(16)29(6-7-29)24-10-18(11-25-21(24)4-3-8-32-25)26-14-33-28(37-26)17(2)34/h3-4,8,10-14,19,31H,5-7,9,15H2,1-2H3,(H2,30,35). The molecule has 6 rings (SSSR count). The van der Waals surface area contributed by atoms with Crippen molar-refractivity contribution in [2.45, 2.75) is 44.6 Å². The third-order valence-electron chi connectivity index (χ3n) is 7.62. The Bertz CT molecular complexity index is 1550. The summed E-state index contributed by atoms with van der Waals surface area (Å²) in [6.07, 6.45) is 6.22. The van der Waals surface area contributed by atoms with Crippen molar-refractivity contribution in [3.63, 3.8) is 0 Å². The molecule has 2 aromatic heterocycles. The van der Waals surface area contributed by atoms with Crippen LogP contribution in [-0.2, 0) is 5.41 Å². The minimum absolute atomic E-state index is 0.0755. The molecule has 2 fully saturated rings. The monoisotopic (exact) mass is 496 g/mol. The molecule has 1 atom stereocenters. The molecule has 0 spiro atoms. The van der Waals surface area contributed by atoms with Crippen molar-refractivity contribution < 1.29 is 18.7 Å². The van der Waals surface area contributed by atoms with E-state index in [0.29, 0.717) is 29.7 Å². The number of ether oxygens (including phenoxy) is 1. The van der Waals surface area contributed by atoms with E-state index in [1.54, 1.807) is 18.5 Å². The first kappa shape index (κ1) is 23.4. The lowest BCUT2D eigenvalue weighted by atomic mass is 9.81. The summed E-state index contributed by atoms with van der Waals surface area (Å²) in [6, 6.07) is 12.2. The SMILES string of the molecule is CC(=O)c1ncc(-c2cc(C3(c4cc(OCC5CCN5)cc(C(N)=O)c4C)CC3)c3cccnc3c2)o1. The lowest BCUT2D eigenvalue weighted by Crippen LogP contribution is -2.46. The summed E-state index contributed by atoms with van der Waals surface area (Å²) in [5.41, 5.74) is 10.5. The molecule has 1 aliphatic carbocycles. The van der Waals surface area contributed by atoms with Crippen molar-refractivity contribution in [2.24, 2.45) is 5.73 Å². The van der Waals surface area contributed by atoms with Gasteiger partial charge in [-0.05, 0) is 79.8 Å². The van der Waals surface area contributed by atoms with E-state index in [1.807, 2.05) is 19.1 Å². The Balaban J connectivity index is 1.50. The fraction of sp³-hybridized carbons (Fsp3) is 0.310. The van der Waals surface area contributed by atoms with E-state index in [2.05, 4.69) is 33.5 Å². The summed E-state index contributed by atoms with van der Waals surface area (Å²) < 4.78 is 11.9. The lowest BCUT2D eigenvalue weighted by Gasteiger charge is -2.28. The van der Waals surface area contributed by atoms with Gasteiger partial charge in [0.1, 0.15) is 12.4 Å². The highest BCUT2D eigenvalue weighted by atomic mass is 16.5. The number of carbonyl (C=O) groups excluding carboxylic acids is 2. The molecule has 0 radical (unpaired) electrons. The Kier molecular flexibility index (Phi) is 5.56. The Hall–Kier alpha value is -4.04. The van der Waals surface area contributed by atoms with Gasteiger partial charge in [0, 0.05) is 41.1 Å². The molecule has 8 nitrogen and oxygen atoms in total. The van der Waals surface area contributed by atoms with Crippen LogP contribution in [0.4, 0.5) is 0 Å². The average molecular weight is 497 g/mol. The zero-order valence-electron chi connectivity index (χ0n) is 20.8. The maximum atomic E-state index is 12.4. The Morgan fingerprint density at radius 3 is 2.65 bits per heavy atom. The molecule has 8 heteroatoms. The third-order valence-corrected chi connectivity index (χ3v) is 7.62. The van der Waals surface area contributed by atoms with Crippen molar-refractivity contribution in [3.8, 4) is 17.1 Å². The van der Waals surface area contributed by atoms with Crippen LogP contribution in [0.5, 0.6) is 5.75 Å². The second kappa shape index (κ2) is 8.81. The van der Waals surface area contributed by atoms with Crippen molar-refractivity contribution in [2.75, 3.05) is 13.2 Å². The highest BCUT2D eigenvalue weighted by molar-refractivity contribution is 5.96. The van der Waals surface area contributed by atoms with Crippen LogP contribution >= 0.6 is 0 Å².